The predicted molar refractivity (Wildman–Crippen MR) is 98.0 cm³/mol. The molecule has 128 valence electrons. The number of aryl methyl sites for hydroxylation is 2. The molecule has 2 aromatic rings. The Kier molecular flexibility index (Phi) is 3.71. The Morgan fingerprint density at radius 3 is 2.64 bits per heavy atom. The molecular formula is C20H21N3O2. The highest BCUT2D eigenvalue weighted by Gasteiger charge is 2.41. The molecule has 5 nitrogen and oxygen atoms in total. The third-order valence-electron chi connectivity index (χ3n) is 4.89. The molecule has 0 bridgehead atoms. The molecule has 2 amide bonds. The van der Waals surface area contributed by atoms with Crippen LogP contribution in [-0.4, -0.2) is 30.4 Å². The Bertz CT molecular complexity index is 842. The highest BCUT2D eigenvalue weighted by molar-refractivity contribution is 6.04. The average molecular weight is 335 g/mol. The minimum atomic E-state index is -0.223. The van der Waals surface area contributed by atoms with Gasteiger partial charge in [-0.3, -0.25) is 9.59 Å². The van der Waals surface area contributed by atoms with E-state index < -0.39 is 0 Å². The van der Waals surface area contributed by atoms with Gasteiger partial charge in [0.1, 0.15) is 6.04 Å². The van der Waals surface area contributed by atoms with Gasteiger partial charge in [0.15, 0.2) is 0 Å². The second-order valence-electron chi connectivity index (χ2n) is 6.96. The van der Waals surface area contributed by atoms with Crippen LogP contribution in [0.15, 0.2) is 42.5 Å². The SMILES string of the molecule is Cc1cc(C)cc(C(=O)NC2CC3C(=O)Nc4ccccc4N3C2)c1. The maximum atomic E-state index is 12.6. The first kappa shape index (κ1) is 15.7. The number of nitrogens with one attached hydrogen (secondary N) is 2. The molecule has 25 heavy (non-hydrogen) atoms. The van der Waals surface area contributed by atoms with E-state index in [1.54, 1.807) is 0 Å². The Morgan fingerprint density at radius 2 is 1.88 bits per heavy atom. The van der Waals surface area contributed by atoms with E-state index in [0.717, 1.165) is 22.5 Å². The molecule has 0 radical (unpaired) electrons. The van der Waals surface area contributed by atoms with Crippen molar-refractivity contribution in [3.05, 3.63) is 59.2 Å². The second kappa shape index (κ2) is 5.92. The lowest BCUT2D eigenvalue weighted by Crippen LogP contribution is -2.44. The summed E-state index contributed by atoms with van der Waals surface area (Å²) < 4.78 is 0. The van der Waals surface area contributed by atoms with Crippen LogP contribution in [0.4, 0.5) is 11.4 Å². The zero-order chi connectivity index (χ0) is 17.6. The van der Waals surface area contributed by atoms with Crippen LogP contribution in [0, 0.1) is 13.8 Å². The van der Waals surface area contributed by atoms with E-state index in [0.29, 0.717) is 18.5 Å². The molecular weight excluding hydrogens is 314 g/mol. The number of para-hydroxylation sites is 2. The van der Waals surface area contributed by atoms with Crippen LogP contribution in [0.5, 0.6) is 0 Å². The molecule has 0 saturated carbocycles. The Labute approximate surface area is 147 Å². The fraction of sp³-hybridized carbons (Fsp3) is 0.300. The topological polar surface area (TPSA) is 61.4 Å². The lowest BCUT2D eigenvalue weighted by molar-refractivity contribution is -0.117. The minimum Gasteiger partial charge on any atom is -0.356 e. The average Bonchev–Trinajstić information content (AvgIpc) is 2.98. The van der Waals surface area contributed by atoms with Gasteiger partial charge in [-0.05, 0) is 44.5 Å². The zero-order valence-corrected chi connectivity index (χ0v) is 14.4. The summed E-state index contributed by atoms with van der Waals surface area (Å²) >= 11 is 0. The van der Waals surface area contributed by atoms with Crippen LogP contribution in [-0.2, 0) is 4.79 Å². The molecule has 1 fully saturated rings. The number of hydrogen-bond acceptors (Lipinski definition) is 3. The molecule has 0 aliphatic carbocycles. The fourth-order valence-corrected chi connectivity index (χ4v) is 3.88. The first-order valence-corrected chi connectivity index (χ1v) is 8.57. The van der Waals surface area contributed by atoms with Crippen molar-refractivity contribution in [3.63, 3.8) is 0 Å². The molecule has 1 saturated heterocycles. The maximum Gasteiger partial charge on any atom is 0.251 e. The summed E-state index contributed by atoms with van der Waals surface area (Å²) in [5.41, 5.74) is 4.68. The molecule has 4 rings (SSSR count). The van der Waals surface area contributed by atoms with E-state index in [2.05, 4.69) is 15.5 Å². The van der Waals surface area contributed by atoms with E-state index in [4.69, 9.17) is 0 Å². The number of fused-ring (bicyclic) bond motifs is 3. The van der Waals surface area contributed by atoms with Gasteiger partial charge in [-0.25, -0.2) is 0 Å². The van der Waals surface area contributed by atoms with Gasteiger partial charge in [0.05, 0.1) is 11.4 Å². The van der Waals surface area contributed by atoms with Crippen molar-refractivity contribution in [2.24, 2.45) is 0 Å². The van der Waals surface area contributed by atoms with Gasteiger partial charge in [0, 0.05) is 18.2 Å². The Morgan fingerprint density at radius 1 is 1.16 bits per heavy atom. The number of hydrogen-bond donors (Lipinski definition) is 2. The minimum absolute atomic E-state index is 0.00171. The first-order chi connectivity index (χ1) is 12.0. The van der Waals surface area contributed by atoms with Gasteiger partial charge in [-0.1, -0.05) is 29.3 Å². The molecule has 5 heteroatoms. The maximum absolute atomic E-state index is 12.6. The molecule has 2 atom stereocenters. The molecule has 2 heterocycles. The summed E-state index contributed by atoms with van der Waals surface area (Å²) in [5, 5.41) is 6.06. The van der Waals surface area contributed by atoms with Crippen molar-refractivity contribution in [2.75, 3.05) is 16.8 Å². The van der Waals surface area contributed by atoms with Crippen molar-refractivity contribution in [2.45, 2.75) is 32.4 Å². The summed E-state index contributed by atoms with van der Waals surface area (Å²) in [6.07, 6.45) is 0.622. The van der Waals surface area contributed by atoms with E-state index in [1.807, 2.05) is 56.3 Å². The van der Waals surface area contributed by atoms with E-state index in [1.165, 1.54) is 0 Å². The molecule has 2 unspecified atom stereocenters. The van der Waals surface area contributed by atoms with Crippen LogP contribution in [0.25, 0.3) is 0 Å². The Balaban J connectivity index is 1.53. The lowest BCUT2D eigenvalue weighted by atomic mass is 10.1. The van der Waals surface area contributed by atoms with Crippen molar-refractivity contribution in [1.29, 1.82) is 0 Å². The number of carbonyl (C=O) groups excluding carboxylic acids is 2. The van der Waals surface area contributed by atoms with E-state index in [9.17, 15) is 9.59 Å². The summed E-state index contributed by atoms with van der Waals surface area (Å²) in [5.74, 6) is -0.0767. The molecule has 2 aliphatic rings. The molecule has 2 aromatic carbocycles. The van der Waals surface area contributed by atoms with E-state index >= 15 is 0 Å². The monoisotopic (exact) mass is 335 g/mol. The van der Waals surface area contributed by atoms with Crippen LogP contribution in [0.3, 0.4) is 0 Å². The molecule has 0 spiro atoms. The molecule has 0 aromatic heterocycles. The van der Waals surface area contributed by atoms with Crippen LogP contribution in [0.1, 0.15) is 27.9 Å². The van der Waals surface area contributed by atoms with Gasteiger partial charge in [0.2, 0.25) is 5.91 Å². The number of rotatable bonds is 2. The fourth-order valence-electron chi connectivity index (χ4n) is 3.88. The van der Waals surface area contributed by atoms with Gasteiger partial charge >= 0.3 is 0 Å². The highest BCUT2D eigenvalue weighted by Crippen LogP contribution is 2.36. The van der Waals surface area contributed by atoms with Crippen molar-refractivity contribution < 1.29 is 9.59 Å². The third-order valence-corrected chi connectivity index (χ3v) is 4.89. The van der Waals surface area contributed by atoms with Crippen molar-refractivity contribution >= 4 is 23.2 Å². The second-order valence-corrected chi connectivity index (χ2v) is 6.96. The molecule has 2 N–H and O–H groups in total. The third kappa shape index (κ3) is 2.86. The predicted octanol–water partition coefficient (Wildman–Crippen LogP) is 2.63. The standard InChI is InChI=1S/C20H21N3O2/c1-12-7-13(2)9-14(8-12)19(24)21-15-10-18-20(25)22-16-5-3-4-6-17(16)23(18)11-15/h3-9,15,18H,10-11H2,1-2H3,(H,21,24)(H,22,25). The summed E-state index contributed by atoms with van der Waals surface area (Å²) in [6, 6.07) is 13.4. The number of nitrogens with zero attached hydrogens (tertiary/aromatic N) is 1. The van der Waals surface area contributed by atoms with Gasteiger partial charge in [0.25, 0.3) is 5.91 Å². The van der Waals surface area contributed by atoms with Gasteiger partial charge in [-0.15, -0.1) is 0 Å². The van der Waals surface area contributed by atoms with Crippen LogP contribution in [0.2, 0.25) is 0 Å². The van der Waals surface area contributed by atoms with Gasteiger partial charge in [-0.2, -0.15) is 0 Å². The summed E-state index contributed by atoms with van der Waals surface area (Å²) in [7, 11) is 0. The van der Waals surface area contributed by atoms with Crippen LogP contribution < -0.4 is 15.5 Å². The number of anilines is 2. The van der Waals surface area contributed by atoms with Crippen LogP contribution >= 0.6 is 0 Å². The number of carbonyl (C=O) groups is 2. The normalized spacial score (nSPS) is 21.4. The first-order valence-electron chi connectivity index (χ1n) is 8.57. The smallest absolute Gasteiger partial charge is 0.251 e. The van der Waals surface area contributed by atoms with Gasteiger partial charge < -0.3 is 15.5 Å². The van der Waals surface area contributed by atoms with Crippen molar-refractivity contribution in [1.82, 2.24) is 5.32 Å². The number of amides is 2. The lowest BCUT2D eigenvalue weighted by Gasteiger charge is -2.32. The van der Waals surface area contributed by atoms with E-state index in [-0.39, 0.29) is 23.9 Å². The summed E-state index contributed by atoms with van der Waals surface area (Å²) in [6.45, 7) is 4.62. The number of benzene rings is 2. The largest absolute Gasteiger partial charge is 0.356 e. The summed E-state index contributed by atoms with van der Waals surface area (Å²) in [4.78, 5) is 27.1. The Hall–Kier alpha value is -2.82. The quantitative estimate of drug-likeness (QED) is 0.887. The zero-order valence-electron chi connectivity index (χ0n) is 14.4. The highest BCUT2D eigenvalue weighted by atomic mass is 16.2. The van der Waals surface area contributed by atoms with Crippen molar-refractivity contribution in [3.8, 4) is 0 Å². The molecule has 2 aliphatic heterocycles.